The van der Waals surface area contributed by atoms with Crippen LogP contribution >= 0.6 is 0 Å². The van der Waals surface area contributed by atoms with Crippen molar-refractivity contribution in [3.63, 3.8) is 0 Å². The molecule has 0 saturated heterocycles. The van der Waals surface area contributed by atoms with Crippen LogP contribution in [0, 0.1) is 23.2 Å². The second-order valence-corrected chi connectivity index (χ2v) is 10.6. The Kier molecular flexibility index (Phi) is 4.66. The highest BCUT2D eigenvalue weighted by Gasteiger charge is 2.58. The van der Waals surface area contributed by atoms with Gasteiger partial charge in [0, 0.05) is 32.6 Å². The minimum Gasteiger partial charge on any atom is -0.393 e. The lowest BCUT2D eigenvalue weighted by Crippen LogP contribution is -2.48. The van der Waals surface area contributed by atoms with Crippen molar-refractivity contribution in [3.05, 3.63) is 41.0 Å². The van der Waals surface area contributed by atoms with E-state index in [2.05, 4.69) is 50.2 Å². The van der Waals surface area contributed by atoms with E-state index in [9.17, 15) is 9.90 Å². The summed E-state index contributed by atoms with van der Waals surface area (Å²) in [4.78, 5) is 14.3. The van der Waals surface area contributed by atoms with Gasteiger partial charge in [0.25, 0.3) is 0 Å². The van der Waals surface area contributed by atoms with Crippen LogP contribution in [0.15, 0.2) is 35.4 Å². The molecule has 156 valence electrons. The highest BCUT2D eigenvalue weighted by molar-refractivity contribution is 5.82. The Morgan fingerprint density at radius 3 is 2.52 bits per heavy atom. The van der Waals surface area contributed by atoms with Gasteiger partial charge < -0.3 is 10.0 Å². The van der Waals surface area contributed by atoms with Crippen LogP contribution in [0.5, 0.6) is 0 Å². The molecule has 3 heteroatoms. The van der Waals surface area contributed by atoms with E-state index < -0.39 is 0 Å². The summed E-state index contributed by atoms with van der Waals surface area (Å²) >= 11 is 0. The Balaban J connectivity index is 1.58. The second kappa shape index (κ2) is 6.97. The van der Waals surface area contributed by atoms with Gasteiger partial charge in [-0.2, -0.15) is 0 Å². The van der Waals surface area contributed by atoms with Crippen LogP contribution in [0.3, 0.4) is 0 Å². The first-order valence-corrected chi connectivity index (χ1v) is 11.6. The number of Topliss-reactive ketones (excluding diaryl/α,β-unsaturated/α-hetero) is 1. The maximum absolute atomic E-state index is 12.1. The van der Waals surface area contributed by atoms with Gasteiger partial charge in [-0.25, -0.2) is 0 Å². The topological polar surface area (TPSA) is 40.5 Å². The van der Waals surface area contributed by atoms with Crippen LogP contribution in [-0.2, 0) is 4.79 Å². The summed E-state index contributed by atoms with van der Waals surface area (Å²) in [6, 6.07) is 9.13. The number of hydrogen-bond acceptors (Lipinski definition) is 3. The van der Waals surface area contributed by atoms with E-state index in [1.54, 1.807) is 5.57 Å². The summed E-state index contributed by atoms with van der Waals surface area (Å²) in [7, 11) is 4.17. The van der Waals surface area contributed by atoms with Crippen LogP contribution in [0.2, 0.25) is 0 Å². The van der Waals surface area contributed by atoms with Gasteiger partial charge in [-0.3, -0.25) is 4.79 Å². The fourth-order valence-electron chi connectivity index (χ4n) is 7.49. The Hall–Kier alpha value is -1.61. The first kappa shape index (κ1) is 19.4. The quantitative estimate of drug-likeness (QED) is 0.711. The molecule has 0 aliphatic heterocycles. The third-order valence-corrected chi connectivity index (χ3v) is 8.99. The predicted octanol–water partition coefficient (Wildman–Crippen LogP) is 5.09. The lowest BCUT2D eigenvalue weighted by Gasteiger charge is -2.55. The average Bonchev–Trinajstić information content (AvgIpc) is 3.01. The van der Waals surface area contributed by atoms with Crippen molar-refractivity contribution in [2.75, 3.05) is 19.0 Å². The fraction of sp³-hybridized carbons (Fsp3) is 0.654. The van der Waals surface area contributed by atoms with Gasteiger partial charge in [0.2, 0.25) is 0 Å². The monoisotopic (exact) mass is 393 g/mol. The number of nitrogens with zero attached hydrogens (tertiary/aromatic N) is 1. The molecular weight excluding hydrogens is 358 g/mol. The van der Waals surface area contributed by atoms with E-state index >= 15 is 0 Å². The maximum atomic E-state index is 12.1. The molecule has 1 aromatic rings. The van der Waals surface area contributed by atoms with Crippen molar-refractivity contribution in [1.82, 2.24) is 0 Å². The number of ketones is 1. The minimum absolute atomic E-state index is 0.0363. The Morgan fingerprint density at radius 1 is 1.03 bits per heavy atom. The number of anilines is 1. The maximum Gasteiger partial charge on any atom is 0.137 e. The number of benzene rings is 1. The highest BCUT2D eigenvalue weighted by Crippen LogP contribution is 2.64. The van der Waals surface area contributed by atoms with Gasteiger partial charge in [0.1, 0.15) is 5.78 Å². The third-order valence-electron chi connectivity index (χ3n) is 8.99. The zero-order valence-corrected chi connectivity index (χ0v) is 18.2. The standard InChI is InChI=1S/C26H35NO2/c1-26-15-22(16-4-7-18(8-5-16)27(2)3)25-20-11-9-19(28)14-17(20)6-10-21(25)23(26)12-13-24(26)29/h4-5,7-8,21-25,29H,6,9-15H2,1-3H3/t21-,22+,23-,24?,25+,26-/m0/s1. The molecule has 0 aromatic heterocycles. The Bertz CT molecular complexity index is 839. The van der Waals surface area contributed by atoms with Gasteiger partial charge in [-0.05, 0) is 85.3 Å². The van der Waals surface area contributed by atoms with E-state index in [0.717, 1.165) is 32.1 Å². The number of aliphatic hydroxyl groups is 1. The van der Waals surface area contributed by atoms with E-state index in [-0.39, 0.29) is 11.5 Å². The largest absolute Gasteiger partial charge is 0.393 e. The summed E-state index contributed by atoms with van der Waals surface area (Å²) in [5.74, 6) is 2.76. The lowest BCUT2D eigenvalue weighted by atomic mass is 9.50. The number of aliphatic hydroxyl groups excluding tert-OH is 1. The minimum atomic E-state index is -0.166. The first-order valence-electron chi connectivity index (χ1n) is 11.6. The van der Waals surface area contributed by atoms with Crippen molar-refractivity contribution in [3.8, 4) is 0 Å². The molecular formula is C26H35NO2. The number of rotatable bonds is 2. The number of carbonyl (C=O) groups is 1. The van der Waals surface area contributed by atoms with Crippen LogP contribution in [0.1, 0.15) is 69.8 Å². The molecule has 3 nitrogen and oxygen atoms in total. The molecule has 1 N–H and O–H groups in total. The van der Waals surface area contributed by atoms with Gasteiger partial charge in [-0.1, -0.05) is 30.2 Å². The van der Waals surface area contributed by atoms with Gasteiger partial charge in [-0.15, -0.1) is 0 Å². The highest BCUT2D eigenvalue weighted by atomic mass is 16.3. The van der Waals surface area contributed by atoms with Crippen LogP contribution in [-0.4, -0.2) is 31.1 Å². The van der Waals surface area contributed by atoms with Gasteiger partial charge in [0.05, 0.1) is 6.10 Å². The van der Waals surface area contributed by atoms with Crippen LogP contribution in [0.25, 0.3) is 0 Å². The van der Waals surface area contributed by atoms with Crippen molar-refractivity contribution in [1.29, 1.82) is 0 Å². The van der Waals surface area contributed by atoms with Crippen molar-refractivity contribution >= 4 is 11.5 Å². The lowest BCUT2D eigenvalue weighted by molar-refractivity contribution is -0.119. The molecule has 4 aliphatic carbocycles. The molecule has 0 spiro atoms. The van der Waals surface area contributed by atoms with Crippen molar-refractivity contribution in [2.24, 2.45) is 23.2 Å². The summed E-state index contributed by atoms with van der Waals surface area (Å²) in [5, 5.41) is 11.0. The summed E-state index contributed by atoms with van der Waals surface area (Å²) in [5.41, 5.74) is 5.80. The van der Waals surface area contributed by atoms with Crippen LogP contribution < -0.4 is 4.90 Å². The van der Waals surface area contributed by atoms with Crippen molar-refractivity contribution < 1.29 is 9.90 Å². The van der Waals surface area contributed by atoms with Gasteiger partial charge in [0.15, 0.2) is 0 Å². The predicted molar refractivity (Wildman–Crippen MR) is 117 cm³/mol. The number of fused-ring (bicyclic) bond motifs is 4. The molecule has 6 atom stereocenters. The molecule has 1 aromatic carbocycles. The molecule has 0 bridgehead atoms. The third kappa shape index (κ3) is 3.00. The molecule has 4 aliphatic rings. The first-order chi connectivity index (χ1) is 13.9. The van der Waals surface area contributed by atoms with Crippen molar-refractivity contribution in [2.45, 2.75) is 70.3 Å². The molecule has 1 unspecified atom stereocenters. The Labute approximate surface area is 175 Å². The fourth-order valence-corrected chi connectivity index (χ4v) is 7.49. The normalized spacial score (nSPS) is 39.0. The molecule has 0 amide bonds. The number of hydrogen-bond donors (Lipinski definition) is 1. The number of carbonyl (C=O) groups excluding carboxylic acids is 1. The van der Waals surface area contributed by atoms with E-state index in [1.807, 2.05) is 0 Å². The van der Waals surface area contributed by atoms with E-state index in [1.165, 1.54) is 29.7 Å². The molecule has 0 heterocycles. The smallest absolute Gasteiger partial charge is 0.137 e. The SMILES string of the molecule is CN(C)c1ccc([C@H]2C[C@]3(C)C(O)CC[C@H]3[C@@H]3CCC4=C(CCC(=O)C4)[C@H]32)cc1. The molecule has 29 heavy (non-hydrogen) atoms. The molecule has 2 saturated carbocycles. The van der Waals surface area contributed by atoms with E-state index in [0.29, 0.717) is 35.9 Å². The summed E-state index contributed by atoms with van der Waals surface area (Å²) in [6.45, 7) is 2.36. The molecule has 5 rings (SSSR count). The van der Waals surface area contributed by atoms with Gasteiger partial charge >= 0.3 is 0 Å². The zero-order chi connectivity index (χ0) is 20.3. The van der Waals surface area contributed by atoms with Crippen LogP contribution in [0.4, 0.5) is 5.69 Å². The zero-order valence-electron chi connectivity index (χ0n) is 18.2. The second-order valence-electron chi connectivity index (χ2n) is 10.6. The number of allylic oxidation sites excluding steroid dienone is 2. The summed E-state index contributed by atoms with van der Waals surface area (Å²) in [6.07, 6.45) is 7.77. The molecule has 2 fully saturated rings. The summed E-state index contributed by atoms with van der Waals surface area (Å²) < 4.78 is 0. The van der Waals surface area contributed by atoms with E-state index in [4.69, 9.17) is 0 Å². The Morgan fingerprint density at radius 2 is 1.79 bits per heavy atom. The average molecular weight is 394 g/mol. The molecule has 0 radical (unpaired) electrons.